The van der Waals surface area contributed by atoms with Crippen molar-refractivity contribution >= 4 is 77.5 Å². The summed E-state index contributed by atoms with van der Waals surface area (Å²) in [4.78, 5) is 16.9. The average molecular weight is 660 g/mol. The Bertz CT molecular complexity index is 1530. The van der Waals surface area contributed by atoms with Crippen LogP contribution in [0, 0.1) is 13.8 Å². The van der Waals surface area contributed by atoms with Crippen molar-refractivity contribution in [1.29, 1.82) is 0 Å². The number of methoxy groups -OCH3 is 1. The third kappa shape index (κ3) is 5.84. The van der Waals surface area contributed by atoms with Gasteiger partial charge in [-0.05, 0) is 109 Å². The molecule has 2 N–H and O–H groups in total. The molecule has 0 bridgehead atoms. The Hall–Kier alpha value is -3.02. The predicted molar refractivity (Wildman–Crippen MR) is 164 cm³/mol. The first-order valence-electron chi connectivity index (χ1n) is 12.0. The fraction of sp³-hybridized carbons (Fsp3) is 0.259. The summed E-state index contributed by atoms with van der Waals surface area (Å²) < 4.78 is 6.77. The fourth-order valence-corrected chi connectivity index (χ4v) is 5.81. The van der Waals surface area contributed by atoms with Gasteiger partial charge in [0.25, 0.3) is 5.91 Å². The average Bonchev–Trinajstić information content (AvgIpc) is 3.26. The maximum Gasteiger partial charge on any atom is 0.261 e. The highest BCUT2D eigenvalue weighted by Gasteiger charge is 2.18. The number of halogens is 2. The number of aryl methyl sites for hydroxylation is 2. The molecule has 0 aliphatic carbocycles. The van der Waals surface area contributed by atoms with Crippen LogP contribution in [0.15, 0.2) is 51.4 Å². The smallest absolute Gasteiger partial charge is 0.261 e. The number of nitrogens with one attached hydrogen (secondary N) is 2. The van der Waals surface area contributed by atoms with Crippen LogP contribution in [0.5, 0.6) is 5.75 Å². The van der Waals surface area contributed by atoms with Crippen molar-refractivity contribution < 1.29 is 9.53 Å². The Labute approximate surface area is 244 Å². The maximum atomic E-state index is 12.9. The second-order valence-electron chi connectivity index (χ2n) is 8.67. The van der Waals surface area contributed by atoms with Crippen LogP contribution in [0.4, 0.5) is 11.4 Å². The molecule has 4 rings (SSSR count). The first-order chi connectivity index (χ1) is 18.1. The van der Waals surface area contributed by atoms with Gasteiger partial charge in [0.1, 0.15) is 16.8 Å². The van der Waals surface area contributed by atoms with Crippen molar-refractivity contribution in [1.82, 2.24) is 20.3 Å². The van der Waals surface area contributed by atoms with E-state index in [9.17, 15) is 4.79 Å². The van der Waals surface area contributed by atoms with E-state index in [0.717, 1.165) is 45.6 Å². The number of aromatic nitrogens is 3. The summed E-state index contributed by atoms with van der Waals surface area (Å²) in [5, 5.41) is 15.4. The molecule has 1 aromatic heterocycles. The molecule has 0 fully saturated rings. The number of fused-ring (bicyclic) bond motifs is 1. The molecule has 0 radical (unpaired) electrons. The van der Waals surface area contributed by atoms with E-state index in [1.165, 1.54) is 12.8 Å². The second kappa shape index (κ2) is 11.8. The third-order valence-electron chi connectivity index (χ3n) is 6.18. The van der Waals surface area contributed by atoms with Crippen LogP contribution in [0.1, 0.15) is 35.3 Å². The number of hydrogen-bond acceptors (Lipinski definition) is 6. The van der Waals surface area contributed by atoms with E-state index in [4.69, 9.17) is 27.2 Å². The minimum absolute atomic E-state index is 0.158. The number of benzene rings is 3. The monoisotopic (exact) mass is 658 g/mol. The van der Waals surface area contributed by atoms with Crippen LogP contribution in [-0.2, 0) is 0 Å². The molecular weight excluding hydrogens is 632 g/mol. The van der Waals surface area contributed by atoms with Gasteiger partial charge in [-0.15, -0.1) is 10.2 Å². The van der Waals surface area contributed by atoms with Crippen molar-refractivity contribution in [2.24, 2.45) is 0 Å². The van der Waals surface area contributed by atoms with Crippen LogP contribution in [0.2, 0.25) is 0 Å². The fourth-order valence-electron chi connectivity index (χ4n) is 4.22. The van der Waals surface area contributed by atoms with E-state index in [0.29, 0.717) is 21.3 Å². The van der Waals surface area contributed by atoms with Crippen LogP contribution >= 0.6 is 44.1 Å². The number of anilines is 2. The van der Waals surface area contributed by atoms with Crippen LogP contribution in [-0.4, -0.2) is 46.2 Å². The molecule has 198 valence electrons. The minimum atomic E-state index is -0.394. The van der Waals surface area contributed by atoms with Gasteiger partial charge in [-0.2, -0.15) is 4.80 Å². The number of hydrogen-bond donors (Lipinski definition) is 2. The van der Waals surface area contributed by atoms with Gasteiger partial charge in [-0.3, -0.25) is 10.1 Å². The first-order valence-corrected chi connectivity index (χ1v) is 14.0. The lowest BCUT2D eigenvalue weighted by Gasteiger charge is -2.22. The van der Waals surface area contributed by atoms with E-state index in [1.807, 2.05) is 25.1 Å². The number of carbonyl (C=O) groups excluding carboxylic acids is 1. The van der Waals surface area contributed by atoms with Gasteiger partial charge in [0.2, 0.25) is 0 Å². The lowest BCUT2D eigenvalue weighted by atomic mass is 10.1. The second-order valence-corrected chi connectivity index (χ2v) is 10.8. The molecule has 1 amide bonds. The first kappa shape index (κ1) is 28.0. The number of rotatable bonds is 7. The van der Waals surface area contributed by atoms with Gasteiger partial charge in [0, 0.05) is 28.9 Å². The minimum Gasteiger partial charge on any atom is -0.495 e. The molecule has 0 unspecified atom stereocenters. The quantitative estimate of drug-likeness (QED) is 0.218. The highest BCUT2D eigenvalue weighted by atomic mass is 79.9. The molecule has 4 aromatic rings. The number of amides is 1. The molecule has 1 heterocycles. The molecule has 11 heteroatoms. The normalized spacial score (nSPS) is 10.9. The van der Waals surface area contributed by atoms with E-state index < -0.39 is 5.91 Å². The third-order valence-corrected chi connectivity index (χ3v) is 7.43. The topological polar surface area (TPSA) is 84.3 Å². The van der Waals surface area contributed by atoms with Gasteiger partial charge < -0.3 is 15.0 Å². The van der Waals surface area contributed by atoms with E-state index in [2.05, 4.69) is 80.3 Å². The van der Waals surface area contributed by atoms with Crippen LogP contribution in [0.25, 0.3) is 16.7 Å². The zero-order chi connectivity index (χ0) is 27.6. The van der Waals surface area contributed by atoms with Crippen molar-refractivity contribution in [2.75, 3.05) is 30.4 Å². The van der Waals surface area contributed by atoms with Crippen molar-refractivity contribution in [3.8, 4) is 11.4 Å². The van der Waals surface area contributed by atoms with Gasteiger partial charge in [0.05, 0.1) is 22.8 Å². The van der Waals surface area contributed by atoms with E-state index in [1.54, 1.807) is 16.9 Å². The highest BCUT2D eigenvalue weighted by Crippen LogP contribution is 2.32. The Morgan fingerprint density at radius 1 is 1.03 bits per heavy atom. The standard InChI is InChI=1S/C27H28Br2N6O2S/c1-6-34(7-2)18-8-9-24(16(4)10-18)35-32-22-11-15(3)21(14-23(22)33-35)30-27(38)31-26(36)19-12-17(28)13-20(29)25(19)37-5/h8-14H,6-7H2,1-5H3,(H2,30,31,36,38). The Balaban J connectivity index is 1.56. The van der Waals surface area contributed by atoms with Gasteiger partial charge in [-0.1, -0.05) is 15.9 Å². The van der Waals surface area contributed by atoms with Crippen LogP contribution < -0.4 is 20.3 Å². The summed E-state index contributed by atoms with van der Waals surface area (Å²) in [7, 11) is 1.51. The molecule has 8 nitrogen and oxygen atoms in total. The lowest BCUT2D eigenvalue weighted by Crippen LogP contribution is -2.34. The highest BCUT2D eigenvalue weighted by molar-refractivity contribution is 9.11. The largest absolute Gasteiger partial charge is 0.495 e. The summed E-state index contributed by atoms with van der Waals surface area (Å²) in [6.45, 7) is 10.2. The Morgan fingerprint density at radius 2 is 1.71 bits per heavy atom. The SMILES string of the molecule is CCN(CC)c1ccc(-n2nc3cc(C)c(NC(=S)NC(=O)c4cc(Br)cc(Br)c4OC)cc3n2)c(C)c1. The van der Waals surface area contributed by atoms with Gasteiger partial charge in [0.15, 0.2) is 5.11 Å². The zero-order valence-corrected chi connectivity index (χ0v) is 25.7. The lowest BCUT2D eigenvalue weighted by molar-refractivity contribution is 0.0974. The van der Waals surface area contributed by atoms with E-state index >= 15 is 0 Å². The molecule has 0 saturated carbocycles. The number of carbonyl (C=O) groups is 1. The van der Waals surface area contributed by atoms with Crippen molar-refractivity contribution in [3.63, 3.8) is 0 Å². The number of thiocarbonyl (C=S) groups is 1. The van der Waals surface area contributed by atoms with E-state index in [-0.39, 0.29) is 5.11 Å². The molecular formula is C27H28Br2N6O2S. The molecule has 0 spiro atoms. The number of ether oxygens (including phenoxy) is 1. The zero-order valence-electron chi connectivity index (χ0n) is 21.7. The Kier molecular flexibility index (Phi) is 8.69. The summed E-state index contributed by atoms with van der Waals surface area (Å²) in [5.74, 6) is 0.0257. The van der Waals surface area contributed by atoms with Gasteiger partial charge in [-0.25, -0.2) is 0 Å². The van der Waals surface area contributed by atoms with Crippen molar-refractivity contribution in [2.45, 2.75) is 27.7 Å². The van der Waals surface area contributed by atoms with Crippen molar-refractivity contribution in [3.05, 3.63) is 68.1 Å². The maximum absolute atomic E-state index is 12.9. The van der Waals surface area contributed by atoms with Gasteiger partial charge >= 0.3 is 0 Å². The summed E-state index contributed by atoms with van der Waals surface area (Å²) in [6, 6.07) is 13.6. The Morgan fingerprint density at radius 3 is 2.34 bits per heavy atom. The molecule has 0 saturated heterocycles. The summed E-state index contributed by atoms with van der Waals surface area (Å²) >= 11 is 12.3. The molecule has 38 heavy (non-hydrogen) atoms. The molecule has 3 aromatic carbocycles. The molecule has 0 aliphatic rings. The molecule has 0 aliphatic heterocycles. The predicted octanol–water partition coefficient (Wildman–Crippen LogP) is 6.54. The summed E-state index contributed by atoms with van der Waals surface area (Å²) in [6.07, 6.45) is 0. The van der Waals surface area contributed by atoms with Crippen LogP contribution in [0.3, 0.4) is 0 Å². The molecule has 0 atom stereocenters. The summed E-state index contributed by atoms with van der Waals surface area (Å²) in [5.41, 5.74) is 6.64. The number of nitrogens with zero attached hydrogens (tertiary/aromatic N) is 4.